The van der Waals surface area contributed by atoms with E-state index in [-0.39, 0.29) is 11.5 Å². The first-order valence-corrected chi connectivity index (χ1v) is 9.20. The number of ether oxygens (including phenoxy) is 1. The van der Waals surface area contributed by atoms with Gasteiger partial charge in [-0.2, -0.15) is 0 Å². The lowest BCUT2D eigenvalue weighted by atomic mass is 10.2. The Balaban J connectivity index is 1.81. The third-order valence-electron chi connectivity index (χ3n) is 3.47. The van der Waals surface area contributed by atoms with Gasteiger partial charge in [0.1, 0.15) is 29.4 Å². The summed E-state index contributed by atoms with van der Waals surface area (Å²) in [4.78, 5) is 0. The number of rotatable bonds is 6. The molecule has 0 amide bonds. The summed E-state index contributed by atoms with van der Waals surface area (Å²) in [5.41, 5.74) is 0.614. The number of hydrogen-bond donors (Lipinski definition) is 0. The molecule has 0 unspecified atom stereocenters. The lowest BCUT2D eigenvalue weighted by Crippen LogP contribution is -2.11. The summed E-state index contributed by atoms with van der Waals surface area (Å²) in [6.45, 7) is 0. The van der Waals surface area contributed by atoms with Crippen molar-refractivity contribution in [1.29, 1.82) is 0 Å². The fraction of sp³-hybridized carbons (Fsp3) is 0.176. The standard InChI is InChI=1S/C17H17N3O3S/c1-20-13-18-19-17(20)12-24(21,22)11-14-7-5-6-10-16(14)23-15-8-3-2-4-9-15/h2-10,13H,11-12H2,1H3. The van der Waals surface area contributed by atoms with Crippen LogP contribution in [0.4, 0.5) is 0 Å². The second-order valence-corrected chi connectivity index (χ2v) is 7.48. The van der Waals surface area contributed by atoms with Crippen LogP contribution in [0.25, 0.3) is 0 Å². The minimum atomic E-state index is -3.40. The van der Waals surface area contributed by atoms with Crippen molar-refractivity contribution in [3.05, 3.63) is 72.3 Å². The second kappa shape index (κ2) is 6.84. The Morgan fingerprint density at radius 1 is 1.00 bits per heavy atom. The molecular formula is C17H17N3O3S. The van der Waals surface area contributed by atoms with Crippen molar-refractivity contribution in [2.45, 2.75) is 11.5 Å². The minimum Gasteiger partial charge on any atom is -0.457 e. The van der Waals surface area contributed by atoms with Crippen molar-refractivity contribution in [3.63, 3.8) is 0 Å². The molecule has 0 spiro atoms. The largest absolute Gasteiger partial charge is 0.457 e. The van der Waals surface area contributed by atoms with E-state index in [1.165, 1.54) is 6.33 Å². The zero-order valence-corrected chi connectivity index (χ0v) is 14.0. The number of aryl methyl sites for hydroxylation is 1. The Morgan fingerprint density at radius 3 is 2.42 bits per heavy atom. The van der Waals surface area contributed by atoms with Gasteiger partial charge in [0.25, 0.3) is 0 Å². The van der Waals surface area contributed by atoms with Crippen molar-refractivity contribution >= 4 is 9.84 Å². The van der Waals surface area contributed by atoms with Gasteiger partial charge in [0.2, 0.25) is 0 Å². The second-order valence-electron chi connectivity index (χ2n) is 5.41. The van der Waals surface area contributed by atoms with Gasteiger partial charge in [0, 0.05) is 12.6 Å². The van der Waals surface area contributed by atoms with E-state index in [9.17, 15) is 8.42 Å². The van der Waals surface area contributed by atoms with E-state index >= 15 is 0 Å². The van der Waals surface area contributed by atoms with Gasteiger partial charge in [-0.1, -0.05) is 36.4 Å². The highest BCUT2D eigenvalue weighted by Crippen LogP contribution is 2.27. The number of hydrogen-bond acceptors (Lipinski definition) is 5. The molecular weight excluding hydrogens is 326 g/mol. The first-order chi connectivity index (χ1) is 11.5. The molecule has 2 aromatic carbocycles. The highest BCUT2D eigenvalue weighted by molar-refractivity contribution is 7.89. The lowest BCUT2D eigenvalue weighted by molar-refractivity contribution is 0.477. The maximum atomic E-state index is 12.5. The van der Waals surface area contributed by atoms with E-state index in [0.717, 1.165) is 0 Å². The van der Waals surface area contributed by atoms with E-state index in [1.54, 1.807) is 29.8 Å². The maximum Gasteiger partial charge on any atom is 0.161 e. The van der Waals surface area contributed by atoms with E-state index in [2.05, 4.69) is 10.2 Å². The Kier molecular flexibility index (Phi) is 4.61. The lowest BCUT2D eigenvalue weighted by Gasteiger charge is -2.11. The third kappa shape index (κ3) is 3.99. The zero-order valence-electron chi connectivity index (χ0n) is 13.2. The number of nitrogens with zero attached hydrogens (tertiary/aromatic N) is 3. The van der Waals surface area contributed by atoms with Gasteiger partial charge in [0.05, 0.1) is 5.75 Å². The summed E-state index contributed by atoms with van der Waals surface area (Å²) in [5, 5.41) is 7.55. The van der Waals surface area contributed by atoms with E-state index < -0.39 is 9.84 Å². The predicted octanol–water partition coefficient (Wildman–Crippen LogP) is 2.72. The van der Waals surface area contributed by atoms with Crippen LogP contribution in [0.5, 0.6) is 11.5 Å². The van der Waals surface area contributed by atoms with Crippen LogP contribution in [-0.4, -0.2) is 23.2 Å². The van der Waals surface area contributed by atoms with Gasteiger partial charge in [-0.05, 0) is 18.2 Å². The molecule has 0 aliphatic rings. The molecule has 3 aromatic rings. The van der Waals surface area contributed by atoms with E-state index in [0.29, 0.717) is 22.9 Å². The molecule has 0 fully saturated rings. The molecule has 6 nitrogen and oxygen atoms in total. The van der Waals surface area contributed by atoms with Crippen molar-refractivity contribution < 1.29 is 13.2 Å². The first kappa shape index (κ1) is 16.2. The average molecular weight is 343 g/mol. The quantitative estimate of drug-likeness (QED) is 0.688. The summed E-state index contributed by atoms with van der Waals surface area (Å²) in [6, 6.07) is 16.4. The maximum absolute atomic E-state index is 12.5. The van der Waals surface area contributed by atoms with Crippen molar-refractivity contribution in [2.75, 3.05) is 0 Å². The SMILES string of the molecule is Cn1cnnc1CS(=O)(=O)Cc1ccccc1Oc1ccccc1. The Hall–Kier alpha value is -2.67. The molecule has 1 heterocycles. The molecule has 0 radical (unpaired) electrons. The fourth-order valence-electron chi connectivity index (χ4n) is 2.26. The van der Waals surface area contributed by atoms with Crippen molar-refractivity contribution in [3.8, 4) is 11.5 Å². The van der Waals surface area contributed by atoms with Crippen LogP contribution < -0.4 is 4.74 Å². The molecule has 0 bridgehead atoms. The van der Waals surface area contributed by atoms with Gasteiger partial charge in [-0.15, -0.1) is 10.2 Å². The van der Waals surface area contributed by atoms with Crippen LogP contribution in [0, 0.1) is 0 Å². The molecule has 7 heteroatoms. The highest BCUT2D eigenvalue weighted by atomic mass is 32.2. The Morgan fingerprint density at radius 2 is 1.71 bits per heavy atom. The molecule has 124 valence electrons. The Bertz CT molecular complexity index is 921. The highest BCUT2D eigenvalue weighted by Gasteiger charge is 2.19. The monoisotopic (exact) mass is 343 g/mol. The molecule has 3 rings (SSSR count). The summed E-state index contributed by atoms with van der Waals surface area (Å²) in [7, 11) is -1.68. The molecule has 0 saturated heterocycles. The fourth-order valence-corrected chi connectivity index (χ4v) is 3.73. The zero-order chi connectivity index (χ0) is 17.0. The van der Waals surface area contributed by atoms with Gasteiger partial charge in [0.15, 0.2) is 9.84 Å². The van der Waals surface area contributed by atoms with Gasteiger partial charge in [-0.3, -0.25) is 0 Å². The molecule has 0 atom stereocenters. The van der Waals surface area contributed by atoms with E-state index in [1.807, 2.05) is 36.4 Å². The van der Waals surface area contributed by atoms with Crippen LogP contribution in [0.15, 0.2) is 60.9 Å². The van der Waals surface area contributed by atoms with Crippen LogP contribution in [0.1, 0.15) is 11.4 Å². The van der Waals surface area contributed by atoms with E-state index in [4.69, 9.17) is 4.74 Å². The average Bonchev–Trinajstić information content (AvgIpc) is 2.94. The summed E-state index contributed by atoms with van der Waals surface area (Å²) in [6.07, 6.45) is 1.48. The molecule has 0 aliphatic carbocycles. The molecule has 0 N–H and O–H groups in total. The minimum absolute atomic E-state index is 0.122. The summed E-state index contributed by atoms with van der Waals surface area (Å²) >= 11 is 0. The normalized spacial score (nSPS) is 11.4. The number of benzene rings is 2. The molecule has 0 saturated carbocycles. The summed E-state index contributed by atoms with van der Waals surface area (Å²) in [5.74, 6) is 1.32. The molecule has 0 aliphatic heterocycles. The van der Waals surface area contributed by atoms with Crippen molar-refractivity contribution in [1.82, 2.24) is 14.8 Å². The van der Waals surface area contributed by atoms with Gasteiger partial charge in [-0.25, -0.2) is 8.42 Å². The van der Waals surface area contributed by atoms with Crippen LogP contribution in [-0.2, 0) is 28.4 Å². The van der Waals surface area contributed by atoms with Crippen LogP contribution >= 0.6 is 0 Å². The number of para-hydroxylation sites is 2. The van der Waals surface area contributed by atoms with Crippen LogP contribution in [0.2, 0.25) is 0 Å². The smallest absolute Gasteiger partial charge is 0.161 e. The van der Waals surface area contributed by atoms with Gasteiger partial charge >= 0.3 is 0 Å². The molecule has 24 heavy (non-hydrogen) atoms. The number of sulfone groups is 1. The van der Waals surface area contributed by atoms with Crippen LogP contribution in [0.3, 0.4) is 0 Å². The van der Waals surface area contributed by atoms with Gasteiger partial charge < -0.3 is 9.30 Å². The molecule has 1 aromatic heterocycles. The third-order valence-corrected chi connectivity index (χ3v) is 4.92. The Labute approximate surface area is 140 Å². The number of aromatic nitrogens is 3. The van der Waals surface area contributed by atoms with Crippen molar-refractivity contribution in [2.24, 2.45) is 7.05 Å². The summed E-state index contributed by atoms with van der Waals surface area (Å²) < 4.78 is 32.4. The topological polar surface area (TPSA) is 74.1 Å². The first-order valence-electron chi connectivity index (χ1n) is 7.37. The predicted molar refractivity (Wildman–Crippen MR) is 90.3 cm³/mol.